The van der Waals surface area contributed by atoms with Crippen molar-refractivity contribution in [1.82, 2.24) is 4.98 Å². The summed E-state index contributed by atoms with van der Waals surface area (Å²) in [5, 5.41) is 0. The van der Waals surface area contributed by atoms with Gasteiger partial charge in [0, 0.05) is 5.56 Å². The summed E-state index contributed by atoms with van der Waals surface area (Å²) in [5.74, 6) is 0. The summed E-state index contributed by atoms with van der Waals surface area (Å²) in [5.41, 5.74) is 5.04. The molecule has 2 rings (SSSR count). The quantitative estimate of drug-likeness (QED) is 0.761. The summed E-state index contributed by atoms with van der Waals surface area (Å²) in [4.78, 5) is 4.81. The number of hydrogen-bond donors (Lipinski definition) is 0. The van der Waals surface area contributed by atoms with Gasteiger partial charge in [-0.15, -0.1) is 0 Å². The van der Waals surface area contributed by atoms with Crippen LogP contribution >= 0.6 is 0 Å². The third-order valence-electron chi connectivity index (χ3n) is 4.37. The smallest absolute Gasteiger partial charge is 0.164 e. The van der Waals surface area contributed by atoms with Crippen LogP contribution < -0.4 is 5.59 Å². The van der Waals surface area contributed by atoms with Crippen molar-refractivity contribution in [3.63, 3.8) is 0 Å². The van der Waals surface area contributed by atoms with Crippen molar-refractivity contribution in [3.05, 3.63) is 48.0 Å². The Balaban J connectivity index is 2.43. The summed E-state index contributed by atoms with van der Waals surface area (Å²) in [6, 6.07) is 14.8. The third-order valence-corrected chi connectivity index (χ3v) is 4.37. The topological polar surface area (TPSA) is 12.9 Å². The average molecular weight is 251 g/mol. The van der Waals surface area contributed by atoms with Gasteiger partial charge in [-0.1, -0.05) is 57.2 Å². The maximum Gasteiger partial charge on any atom is 0.164 e. The molecule has 0 radical (unpaired) electrons. The van der Waals surface area contributed by atoms with Crippen molar-refractivity contribution >= 4 is 13.4 Å². The van der Waals surface area contributed by atoms with Gasteiger partial charge in [0.1, 0.15) is 0 Å². The molecule has 98 valence electrons. The van der Waals surface area contributed by atoms with E-state index in [0.29, 0.717) is 0 Å². The first kappa shape index (κ1) is 13.9. The molecule has 0 aliphatic rings. The van der Waals surface area contributed by atoms with Crippen LogP contribution in [0.3, 0.4) is 0 Å². The summed E-state index contributed by atoms with van der Waals surface area (Å²) in [7, 11) is 2.13. The molecule has 0 saturated heterocycles. The molecule has 0 unspecified atom stereocenters. The van der Waals surface area contributed by atoms with E-state index in [0.717, 1.165) is 24.1 Å². The van der Waals surface area contributed by atoms with E-state index in [1.807, 2.05) is 6.07 Å². The molecule has 1 nitrogen and oxygen atoms in total. The van der Waals surface area contributed by atoms with Gasteiger partial charge in [-0.3, -0.25) is 4.98 Å². The van der Waals surface area contributed by atoms with Gasteiger partial charge >= 0.3 is 0 Å². The first-order chi connectivity index (χ1) is 9.10. The van der Waals surface area contributed by atoms with Gasteiger partial charge in [0.25, 0.3) is 0 Å². The van der Waals surface area contributed by atoms with Crippen LogP contribution in [-0.4, -0.2) is 12.8 Å². The molecule has 0 bridgehead atoms. The van der Waals surface area contributed by atoms with Crippen molar-refractivity contribution in [1.29, 1.82) is 0 Å². The van der Waals surface area contributed by atoms with Crippen molar-refractivity contribution in [2.75, 3.05) is 0 Å². The molecule has 0 amide bonds. The largest absolute Gasteiger partial charge is 0.263 e. The highest BCUT2D eigenvalue weighted by molar-refractivity contribution is 6.32. The average Bonchev–Trinajstić information content (AvgIpc) is 2.47. The van der Waals surface area contributed by atoms with E-state index < -0.39 is 0 Å². The van der Waals surface area contributed by atoms with Crippen molar-refractivity contribution in [3.8, 4) is 11.3 Å². The first-order valence-corrected chi connectivity index (χ1v) is 7.14. The molecule has 0 spiro atoms. The highest BCUT2D eigenvalue weighted by atomic mass is 14.7. The molecule has 1 aromatic carbocycles. The second kappa shape index (κ2) is 5.60. The lowest BCUT2D eigenvalue weighted by molar-refractivity contribution is 0.440. The monoisotopic (exact) mass is 251 g/mol. The van der Waals surface area contributed by atoms with Gasteiger partial charge in [0.05, 0.1) is 5.69 Å². The van der Waals surface area contributed by atoms with E-state index in [9.17, 15) is 0 Å². The standard InChI is InChI=1S/C17H22BN/c1-4-17(3,5-2)14-11-12-15(19-16(14)18)13-9-7-6-8-10-13/h6-12H,4-5,18H2,1-3H3. The number of aromatic nitrogens is 1. The molecule has 0 aliphatic heterocycles. The van der Waals surface area contributed by atoms with E-state index in [2.05, 4.69) is 65.0 Å². The van der Waals surface area contributed by atoms with Crippen molar-refractivity contribution in [2.24, 2.45) is 0 Å². The van der Waals surface area contributed by atoms with Gasteiger partial charge in [0.15, 0.2) is 7.85 Å². The predicted octanol–water partition coefficient (Wildman–Crippen LogP) is 3.08. The molecule has 0 N–H and O–H groups in total. The number of rotatable bonds is 4. The molecule has 0 aliphatic carbocycles. The lowest BCUT2D eigenvalue weighted by Crippen LogP contribution is -2.29. The van der Waals surface area contributed by atoms with Crippen LogP contribution in [0.15, 0.2) is 42.5 Å². The Hall–Kier alpha value is -1.57. The Morgan fingerprint density at radius 1 is 1.00 bits per heavy atom. The van der Waals surface area contributed by atoms with E-state index in [1.54, 1.807) is 0 Å². The van der Waals surface area contributed by atoms with Gasteiger partial charge in [-0.25, -0.2) is 0 Å². The fourth-order valence-electron chi connectivity index (χ4n) is 2.60. The van der Waals surface area contributed by atoms with E-state index >= 15 is 0 Å². The van der Waals surface area contributed by atoms with Crippen LogP contribution in [0.4, 0.5) is 0 Å². The SMILES string of the molecule is Bc1nc(-c2ccccc2)ccc1C(C)(CC)CC. The molecule has 19 heavy (non-hydrogen) atoms. The van der Waals surface area contributed by atoms with Crippen molar-refractivity contribution in [2.45, 2.75) is 39.0 Å². The Bertz CT molecular complexity index is 544. The summed E-state index contributed by atoms with van der Waals surface area (Å²) in [6.45, 7) is 6.85. The fourth-order valence-corrected chi connectivity index (χ4v) is 2.60. The minimum atomic E-state index is 0.242. The number of pyridine rings is 1. The molecule has 0 saturated carbocycles. The van der Waals surface area contributed by atoms with Crippen LogP contribution in [0.5, 0.6) is 0 Å². The van der Waals surface area contributed by atoms with Crippen LogP contribution in [0.1, 0.15) is 39.2 Å². The normalized spacial score (nSPS) is 11.5. The Labute approximate surface area is 117 Å². The molecular formula is C17H22BN. The van der Waals surface area contributed by atoms with E-state index in [4.69, 9.17) is 4.98 Å². The zero-order chi connectivity index (χ0) is 13.9. The second-order valence-corrected chi connectivity index (χ2v) is 5.46. The predicted molar refractivity (Wildman–Crippen MR) is 85.8 cm³/mol. The highest BCUT2D eigenvalue weighted by Crippen LogP contribution is 2.30. The molecule has 0 fully saturated rings. The minimum absolute atomic E-state index is 0.242. The molecular weight excluding hydrogens is 229 g/mol. The molecule has 2 heteroatoms. The number of nitrogens with zero attached hydrogens (tertiary/aromatic N) is 1. The van der Waals surface area contributed by atoms with E-state index in [1.165, 1.54) is 11.1 Å². The zero-order valence-corrected chi connectivity index (χ0v) is 12.4. The fraction of sp³-hybridized carbons (Fsp3) is 0.353. The number of benzene rings is 1. The Morgan fingerprint density at radius 2 is 1.63 bits per heavy atom. The third kappa shape index (κ3) is 2.73. The molecule has 1 aromatic heterocycles. The van der Waals surface area contributed by atoms with Crippen molar-refractivity contribution < 1.29 is 0 Å². The molecule has 1 heterocycles. The number of hydrogen-bond acceptors (Lipinski definition) is 1. The summed E-state index contributed by atoms with van der Waals surface area (Å²) >= 11 is 0. The maximum atomic E-state index is 4.81. The first-order valence-electron chi connectivity index (χ1n) is 7.14. The minimum Gasteiger partial charge on any atom is -0.263 e. The van der Waals surface area contributed by atoms with Gasteiger partial charge in [-0.05, 0) is 35.5 Å². The summed E-state index contributed by atoms with van der Waals surface area (Å²) in [6.07, 6.45) is 2.30. The molecule has 0 atom stereocenters. The highest BCUT2D eigenvalue weighted by Gasteiger charge is 2.24. The van der Waals surface area contributed by atoms with Crippen LogP contribution in [0.2, 0.25) is 0 Å². The van der Waals surface area contributed by atoms with Gasteiger partial charge < -0.3 is 0 Å². The lowest BCUT2D eigenvalue weighted by Gasteiger charge is -2.29. The van der Waals surface area contributed by atoms with Gasteiger partial charge in [0.2, 0.25) is 0 Å². The lowest BCUT2D eigenvalue weighted by atomic mass is 9.74. The van der Waals surface area contributed by atoms with Crippen LogP contribution in [-0.2, 0) is 5.41 Å². The summed E-state index contributed by atoms with van der Waals surface area (Å²) < 4.78 is 0. The van der Waals surface area contributed by atoms with E-state index in [-0.39, 0.29) is 5.41 Å². The second-order valence-electron chi connectivity index (χ2n) is 5.46. The molecule has 2 aromatic rings. The zero-order valence-electron chi connectivity index (χ0n) is 12.4. The Morgan fingerprint density at radius 3 is 2.16 bits per heavy atom. The Kier molecular flexibility index (Phi) is 4.09. The van der Waals surface area contributed by atoms with Crippen LogP contribution in [0, 0.1) is 0 Å². The van der Waals surface area contributed by atoms with Gasteiger partial charge in [-0.2, -0.15) is 0 Å². The van der Waals surface area contributed by atoms with Crippen LogP contribution in [0.25, 0.3) is 11.3 Å². The maximum absolute atomic E-state index is 4.81.